The summed E-state index contributed by atoms with van der Waals surface area (Å²) in [5.41, 5.74) is 8.78. The molecule has 6 nitrogen and oxygen atoms in total. The van der Waals surface area contributed by atoms with Crippen LogP contribution in [0.4, 0.5) is 0 Å². The minimum absolute atomic E-state index is 0.115. The van der Waals surface area contributed by atoms with Crippen LogP contribution < -0.4 is 21.1 Å². The minimum Gasteiger partial charge on any atom is -0.484 e. The summed E-state index contributed by atoms with van der Waals surface area (Å²) in [4.78, 5) is 15.2. The predicted molar refractivity (Wildman–Crippen MR) is 129 cm³/mol. The number of benzene rings is 3. The highest BCUT2D eigenvalue weighted by Gasteiger charge is 2.14. The van der Waals surface area contributed by atoms with Crippen LogP contribution in [0.25, 0.3) is 0 Å². The van der Waals surface area contributed by atoms with E-state index in [1.54, 1.807) is 7.05 Å². The molecule has 32 heavy (non-hydrogen) atoms. The van der Waals surface area contributed by atoms with E-state index in [4.69, 9.17) is 10.5 Å². The van der Waals surface area contributed by atoms with Crippen LogP contribution in [0.5, 0.6) is 5.75 Å². The maximum atomic E-state index is 10.8. The lowest BCUT2D eigenvalue weighted by molar-refractivity contribution is -0.119. The molecule has 0 unspecified atom stereocenters. The third-order valence-corrected chi connectivity index (χ3v) is 5.11. The second-order valence-corrected chi connectivity index (χ2v) is 7.40. The van der Waals surface area contributed by atoms with E-state index in [1.807, 2.05) is 36.4 Å². The number of rotatable bonds is 10. The molecule has 0 fully saturated rings. The van der Waals surface area contributed by atoms with Crippen molar-refractivity contribution in [2.45, 2.75) is 12.3 Å². The Morgan fingerprint density at radius 3 is 2.03 bits per heavy atom. The van der Waals surface area contributed by atoms with Crippen molar-refractivity contribution in [1.29, 1.82) is 0 Å². The Labute approximate surface area is 189 Å². The summed E-state index contributed by atoms with van der Waals surface area (Å²) in [6.45, 7) is 1.36. The number of ether oxygens (including phenoxy) is 1. The summed E-state index contributed by atoms with van der Waals surface area (Å²) < 4.78 is 5.29. The molecule has 0 heterocycles. The molecule has 0 aliphatic carbocycles. The maximum absolute atomic E-state index is 10.8. The number of guanidine groups is 1. The van der Waals surface area contributed by atoms with Gasteiger partial charge in [-0.05, 0) is 35.2 Å². The van der Waals surface area contributed by atoms with Gasteiger partial charge in [-0.3, -0.25) is 9.79 Å². The molecule has 166 valence electrons. The molecular formula is C26H30N4O2. The van der Waals surface area contributed by atoms with Gasteiger partial charge in [-0.2, -0.15) is 0 Å². The molecule has 3 aromatic rings. The third-order valence-electron chi connectivity index (χ3n) is 5.11. The summed E-state index contributed by atoms with van der Waals surface area (Å²) in [6, 6.07) is 28.6. The van der Waals surface area contributed by atoms with Crippen molar-refractivity contribution in [3.05, 3.63) is 102 Å². The minimum atomic E-state index is -0.487. The lowest BCUT2D eigenvalue weighted by Gasteiger charge is -2.20. The van der Waals surface area contributed by atoms with Crippen LogP contribution in [0.1, 0.15) is 22.6 Å². The van der Waals surface area contributed by atoms with Gasteiger partial charge >= 0.3 is 0 Å². The molecule has 3 rings (SSSR count). The van der Waals surface area contributed by atoms with Gasteiger partial charge < -0.3 is 21.1 Å². The summed E-state index contributed by atoms with van der Waals surface area (Å²) in [5.74, 6) is 1.14. The van der Waals surface area contributed by atoms with Crippen LogP contribution in [-0.2, 0) is 11.2 Å². The standard InChI is InChI=1S/C26H30N4O2/c1-28-26(29-17-16-20-12-14-23(15-13-20)32-19-25(27)31)30-18-24(21-8-4-2-5-9-21)22-10-6-3-7-11-22/h2-15,24H,16-19H2,1H3,(H2,27,31)(H2,28,29,30). The predicted octanol–water partition coefficient (Wildman–Crippen LogP) is 3.09. The molecule has 0 saturated heterocycles. The Balaban J connectivity index is 1.52. The first-order valence-electron chi connectivity index (χ1n) is 10.7. The topological polar surface area (TPSA) is 88.7 Å². The zero-order chi connectivity index (χ0) is 22.6. The molecule has 6 heteroatoms. The molecule has 3 aromatic carbocycles. The van der Waals surface area contributed by atoms with E-state index in [0.29, 0.717) is 5.75 Å². The van der Waals surface area contributed by atoms with E-state index >= 15 is 0 Å². The quantitative estimate of drug-likeness (QED) is 0.341. The molecule has 0 bridgehead atoms. The fraction of sp³-hybridized carbons (Fsp3) is 0.231. The van der Waals surface area contributed by atoms with Crippen LogP contribution in [-0.4, -0.2) is 38.6 Å². The highest BCUT2D eigenvalue weighted by molar-refractivity contribution is 5.79. The molecule has 0 aliphatic heterocycles. The van der Waals surface area contributed by atoms with E-state index < -0.39 is 5.91 Å². The first kappa shape index (κ1) is 22.9. The second-order valence-electron chi connectivity index (χ2n) is 7.40. The first-order valence-corrected chi connectivity index (χ1v) is 10.7. The van der Waals surface area contributed by atoms with Gasteiger partial charge in [0.1, 0.15) is 5.75 Å². The van der Waals surface area contributed by atoms with Crippen molar-refractivity contribution in [3.8, 4) is 5.75 Å². The molecule has 0 atom stereocenters. The fourth-order valence-electron chi connectivity index (χ4n) is 3.45. The Hall–Kier alpha value is -3.80. The zero-order valence-corrected chi connectivity index (χ0v) is 18.3. The van der Waals surface area contributed by atoms with E-state index in [0.717, 1.165) is 31.0 Å². The summed E-state index contributed by atoms with van der Waals surface area (Å²) >= 11 is 0. The number of carbonyl (C=O) groups excluding carboxylic acids is 1. The molecule has 4 N–H and O–H groups in total. The average Bonchev–Trinajstić information content (AvgIpc) is 2.84. The molecule has 0 aromatic heterocycles. The van der Waals surface area contributed by atoms with Crippen molar-refractivity contribution in [1.82, 2.24) is 10.6 Å². The van der Waals surface area contributed by atoms with Crippen LogP contribution in [0, 0.1) is 0 Å². The van der Waals surface area contributed by atoms with Crippen LogP contribution >= 0.6 is 0 Å². The van der Waals surface area contributed by atoms with Gasteiger partial charge in [-0.15, -0.1) is 0 Å². The highest BCUT2D eigenvalue weighted by Crippen LogP contribution is 2.23. The summed E-state index contributed by atoms with van der Waals surface area (Å²) in [7, 11) is 1.78. The van der Waals surface area contributed by atoms with Crippen LogP contribution in [0.3, 0.4) is 0 Å². The van der Waals surface area contributed by atoms with E-state index in [-0.39, 0.29) is 12.5 Å². The molecular weight excluding hydrogens is 400 g/mol. The molecule has 0 saturated carbocycles. The van der Waals surface area contributed by atoms with Crippen LogP contribution in [0.15, 0.2) is 89.9 Å². The average molecular weight is 431 g/mol. The van der Waals surface area contributed by atoms with Crippen molar-refractivity contribution in [2.24, 2.45) is 10.7 Å². The summed E-state index contributed by atoms with van der Waals surface area (Å²) in [5, 5.41) is 6.84. The van der Waals surface area contributed by atoms with E-state index in [1.165, 1.54) is 11.1 Å². The second kappa shape index (κ2) is 12.2. The van der Waals surface area contributed by atoms with Crippen molar-refractivity contribution in [2.75, 3.05) is 26.7 Å². The normalized spacial score (nSPS) is 11.2. The Bertz CT molecular complexity index is 950. The van der Waals surface area contributed by atoms with E-state index in [9.17, 15) is 4.79 Å². The SMILES string of the molecule is CN=C(NCCc1ccc(OCC(N)=O)cc1)NCC(c1ccccc1)c1ccccc1. The number of hydrogen-bond acceptors (Lipinski definition) is 3. The highest BCUT2D eigenvalue weighted by atomic mass is 16.5. The molecule has 0 spiro atoms. The number of nitrogens with two attached hydrogens (primary N) is 1. The Kier molecular flexibility index (Phi) is 8.69. The van der Waals surface area contributed by atoms with Gasteiger partial charge in [0, 0.05) is 26.1 Å². The monoisotopic (exact) mass is 430 g/mol. The molecule has 0 radical (unpaired) electrons. The smallest absolute Gasteiger partial charge is 0.255 e. The lowest BCUT2D eigenvalue weighted by Crippen LogP contribution is -2.40. The number of amides is 1. The number of carbonyl (C=O) groups is 1. The van der Waals surface area contributed by atoms with Crippen LogP contribution in [0.2, 0.25) is 0 Å². The zero-order valence-electron chi connectivity index (χ0n) is 18.3. The van der Waals surface area contributed by atoms with Crippen molar-refractivity contribution in [3.63, 3.8) is 0 Å². The third kappa shape index (κ3) is 7.16. The van der Waals surface area contributed by atoms with E-state index in [2.05, 4.69) is 64.2 Å². The Morgan fingerprint density at radius 1 is 0.906 bits per heavy atom. The number of nitrogens with zero attached hydrogens (tertiary/aromatic N) is 1. The van der Waals surface area contributed by atoms with Gasteiger partial charge in [0.15, 0.2) is 12.6 Å². The van der Waals surface area contributed by atoms with Gasteiger partial charge in [0.05, 0.1) is 0 Å². The lowest BCUT2D eigenvalue weighted by atomic mass is 9.91. The fourth-order valence-corrected chi connectivity index (χ4v) is 3.45. The first-order chi connectivity index (χ1) is 15.7. The number of hydrogen-bond donors (Lipinski definition) is 3. The van der Waals surface area contributed by atoms with Crippen molar-refractivity contribution < 1.29 is 9.53 Å². The van der Waals surface area contributed by atoms with Crippen molar-refractivity contribution >= 4 is 11.9 Å². The number of aliphatic imine (C=N–C) groups is 1. The van der Waals surface area contributed by atoms with Gasteiger partial charge in [0.2, 0.25) is 0 Å². The van der Waals surface area contributed by atoms with Gasteiger partial charge in [-0.1, -0.05) is 72.8 Å². The largest absolute Gasteiger partial charge is 0.484 e. The summed E-state index contributed by atoms with van der Waals surface area (Å²) in [6.07, 6.45) is 0.831. The molecule has 1 amide bonds. The van der Waals surface area contributed by atoms with Gasteiger partial charge in [0.25, 0.3) is 5.91 Å². The number of primary amides is 1. The number of nitrogens with one attached hydrogen (secondary N) is 2. The van der Waals surface area contributed by atoms with Gasteiger partial charge in [-0.25, -0.2) is 0 Å². The molecule has 0 aliphatic rings. The Morgan fingerprint density at radius 2 is 1.50 bits per heavy atom. The maximum Gasteiger partial charge on any atom is 0.255 e.